The molecule has 0 aliphatic heterocycles. The average molecular weight is 220 g/mol. The van der Waals surface area contributed by atoms with Crippen molar-refractivity contribution < 1.29 is 16.8 Å². The number of hydrogen-bond acceptors (Lipinski definition) is 4. The van der Waals surface area contributed by atoms with Crippen molar-refractivity contribution in [3.05, 3.63) is 35.9 Å². The molecule has 1 aromatic rings. The van der Waals surface area contributed by atoms with Crippen LogP contribution in [0.1, 0.15) is 5.56 Å². The molecule has 0 saturated heterocycles. The minimum absolute atomic E-state index is 0.452. The molecule has 0 aliphatic carbocycles. The zero-order valence-electron chi connectivity index (χ0n) is 6.58. The molecular formula is C7H8O4S2. The van der Waals surface area contributed by atoms with E-state index in [1.807, 2.05) is 0 Å². The van der Waals surface area contributed by atoms with Crippen molar-refractivity contribution in [3.63, 3.8) is 0 Å². The molecule has 0 spiro atoms. The SMILES string of the molecule is O=[SH](=O)S(=O)(=O)Cc1ccccc1. The first-order valence-electron chi connectivity index (χ1n) is 3.43. The Morgan fingerprint density at radius 2 is 1.62 bits per heavy atom. The van der Waals surface area contributed by atoms with Crippen LogP contribution in [0.4, 0.5) is 0 Å². The van der Waals surface area contributed by atoms with Gasteiger partial charge in [-0.3, -0.25) is 0 Å². The molecular weight excluding hydrogens is 212 g/mol. The Hall–Kier alpha value is -0.880. The zero-order chi connectivity index (χ0) is 9.90. The van der Waals surface area contributed by atoms with E-state index in [2.05, 4.69) is 0 Å². The summed E-state index contributed by atoms with van der Waals surface area (Å²) in [5, 5.41) is 0. The van der Waals surface area contributed by atoms with Gasteiger partial charge in [0.15, 0.2) is 0 Å². The minimum atomic E-state index is -4.00. The molecule has 0 unspecified atom stereocenters. The van der Waals surface area contributed by atoms with Crippen LogP contribution in [-0.2, 0) is 24.4 Å². The predicted octanol–water partition coefficient (Wildman–Crippen LogP) is 0.128. The second-order valence-corrected chi connectivity index (χ2v) is 6.90. The summed E-state index contributed by atoms with van der Waals surface area (Å²) in [5.74, 6) is -0.452. The highest BCUT2D eigenvalue weighted by Gasteiger charge is 2.13. The van der Waals surface area contributed by atoms with Crippen LogP contribution in [0.15, 0.2) is 30.3 Å². The van der Waals surface area contributed by atoms with E-state index >= 15 is 0 Å². The Bertz CT molecular complexity index is 437. The fourth-order valence-electron chi connectivity index (χ4n) is 0.838. The molecule has 72 valence electrons. The van der Waals surface area contributed by atoms with Gasteiger partial charge in [0.2, 0.25) is 9.74 Å². The van der Waals surface area contributed by atoms with E-state index < -0.39 is 24.4 Å². The second-order valence-electron chi connectivity index (χ2n) is 2.44. The van der Waals surface area contributed by atoms with Gasteiger partial charge >= 0.3 is 0 Å². The number of hydrogen-bond donors (Lipinski definition) is 1. The largest absolute Gasteiger partial charge is 0.255 e. The highest BCUT2D eigenvalue weighted by Crippen LogP contribution is 2.05. The second kappa shape index (κ2) is 3.89. The molecule has 0 bridgehead atoms. The number of thiol groups is 1. The van der Waals surface area contributed by atoms with E-state index in [4.69, 9.17) is 0 Å². The van der Waals surface area contributed by atoms with Crippen molar-refractivity contribution >= 4 is 18.6 Å². The van der Waals surface area contributed by atoms with E-state index in [0.29, 0.717) is 5.56 Å². The summed E-state index contributed by atoms with van der Waals surface area (Å²) in [6.07, 6.45) is 0. The summed E-state index contributed by atoms with van der Waals surface area (Å²) in [7, 11) is -7.39. The van der Waals surface area contributed by atoms with Crippen molar-refractivity contribution in [1.82, 2.24) is 0 Å². The third-order valence-corrected chi connectivity index (χ3v) is 4.32. The molecule has 4 nitrogen and oxygen atoms in total. The molecule has 0 fully saturated rings. The summed E-state index contributed by atoms with van der Waals surface area (Å²) < 4.78 is 42.4. The lowest BCUT2D eigenvalue weighted by molar-refractivity contribution is 0.591. The number of rotatable bonds is 3. The number of benzene rings is 1. The van der Waals surface area contributed by atoms with Gasteiger partial charge in [-0.1, -0.05) is 30.3 Å². The van der Waals surface area contributed by atoms with Gasteiger partial charge in [-0.2, -0.15) is 0 Å². The van der Waals surface area contributed by atoms with Crippen LogP contribution in [0.3, 0.4) is 0 Å². The maximum Gasteiger partial charge on any atom is 0.255 e. The highest BCUT2D eigenvalue weighted by molar-refractivity contribution is 8.58. The van der Waals surface area contributed by atoms with Gasteiger partial charge in [-0.05, 0) is 5.56 Å². The molecule has 0 heterocycles. The molecule has 0 aliphatic rings. The first kappa shape index (κ1) is 10.2. The van der Waals surface area contributed by atoms with Gasteiger partial charge in [-0.15, -0.1) is 0 Å². The highest BCUT2D eigenvalue weighted by atomic mass is 33.1. The summed E-state index contributed by atoms with van der Waals surface area (Å²) in [6.45, 7) is 0. The molecule has 0 aromatic heterocycles. The average Bonchev–Trinajstić information content (AvgIpc) is 2.05. The van der Waals surface area contributed by atoms with Crippen LogP contribution in [0.2, 0.25) is 0 Å². The van der Waals surface area contributed by atoms with Crippen LogP contribution < -0.4 is 0 Å². The summed E-state index contributed by atoms with van der Waals surface area (Å²) in [5.41, 5.74) is 0.474. The third kappa shape index (κ3) is 2.82. The lowest BCUT2D eigenvalue weighted by Crippen LogP contribution is -2.04. The van der Waals surface area contributed by atoms with Gasteiger partial charge in [0.25, 0.3) is 8.87 Å². The Kier molecular flexibility index (Phi) is 3.05. The van der Waals surface area contributed by atoms with Gasteiger partial charge < -0.3 is 0 Å². The zero-order valence-corrected chi connectivity index (χ0v) is 8.29. The molecule has 0 amide bonds. The fraction of sp³-hybridized carbons (Fsp3) is 0.143. The molecule has 0 saturated carbocycles. The summed E-state index contributed by atoms with van der Waals surface area (Å²) >= 11 is 0. The fourth-order valence-corrected chi connectivity index (χ4v) is 2.32. The molecule has 1 rings (SSSR count). The summed E-state index contributed by atoms with van der Waals surface area (Å²) in [6, 6.07) is 8.17. The molecule has 0 N–H and O–H groups in total. The van der Waals surface area contributed by atoms with E-state index in [9.17, 15) is 16.8 Å². The van der Waals surface area contributed by atoms with Crippen molar-refractivity contribution in [2.45, 2.75) is 5.75 Å². The van der Waals surface area contributed by atoms with Gasteiger partial charge in [0.1, 0.15) is 0 Å². The van der Waals surface area contributed by atoms with E-state index in [1.54, 1.807) is 30.3 Å². The van der Waals surface area contributed by atoms with Crippen molar-refractivity contribution in [2.75, 3.05) is 0 Å². The smallest absolute Gasteiger partial charge is 0.216 e. The van der Waals surface area contributed by atoms with Crippen molar-refractivity contribution in [2.24, 2.45) is 0 Å². The molecule has 0 radical (unpaired) electrons. The lowest BCUT2D eigenvalue weighted by Gasteiger charge is -1.96. The van der Waals surface area contributed by atoms with Gasteiger partial charge in [-0.25, -0.2) is 16.8 Å². The van der Waals surface area contributed by atoms with E-state index in [1.165, 1.54) is 0 Å². The normalized spacial score (nSPS) is 11.8. The minimum Gasteiger partial charge on any atom is -0.216 e. The molecule has 13 heavy (non-hydrogen) atoms. The summed E-state index contributed by atoms with van der Waals surface area (Å²) in [4.78, 5) is 0. The first-order valence-corrected chi connectivity index (χ1v) is 6.87. The van der Waals surface area contributed by atoms with Gasteiger partial charge in [0.05, 0.1) is 5.75 Å². The van der Waals surface area contributed by atoms with Crippen LogP contribution in [-0.4, -0.2) is 16.8 Å². The van der Waals surface area contributed by atoms with Crippen LogP contribution in [0.5, 0.6) is 0 Å². The maximum atomic E-state index is 10.9. The van der Waals surface area contributed by atoms with Crippen LogP contribution in [0, 0.1) is 0 Å². The van der Waals surface area contributed by atoms with Crippen LogP contribution in [0.25, 0.3) is 0 Å². The van der Waals surface area contributed by atoms with E-state index in [0.717, 1.165) is 0 Å². The van der Waals surface area contributed by atoms with Crippen molar-refractivity contribution in [1.29, 1.82) is 0 Å². The van der Waals surface area contributed by atoms with Crippen molar-refractivity contribution in [3.8, 4) is 0 Å². The predicted molar refractivity (Wildman–Crippen MR) is 49.4 cm³/mol. The Labute approximate surface area is 77.5 Å². The lowest BCUT2D eigenvalue weighted by atomic mass is 10.2. The quantitative estimate of drug-likeness (QED) is 0.580. The Balaban J connectivity index is 2.95. The van der Waals surface area contributed by atoms with Crippen LogP contribution >= 0.6 is 0 Å². The maximum absolute atomic E-state index is 10.9. The van der Waals surface area contributed by atoms with E-state index in [-0.39, 0.29) is 0 Å². The molecule has 1 aromatic carbocycles. The van der Waals surface area contributed by atoms with Gasteiger partial charge in [0, 0.05) is 0 Å². The molecule has 0 atom stereocenters. The topological polar surface area (TPSA) is 68.3 Å². The molecule has 6 heteroatoms. The first-order chi connectivity index (χ1) is 6.02. The third-order valence-electron chi connectivity index (χ3n) is 1.42. The Morgan fingerprint density at radius 1 is 1.08 bits per heavy atom. The monoisotopic (exact) mass is 220 g/mol. The standard InChI is InChI=1S/C7H8O4S2/c8-12(9)13(10,11)6-7-4-2-1-3-5-7/h1-5,12H,6H2. The Morgan fingerprint density at radius 3 is 2.08 bits per heavy atom.